The Morgan fingerprint density at radius 1 is 1.58 bits per heavy atom. The van der Waals surface area contributed by atoms with Gasteiger partial charge < -0.3 is 0 Å². The highest BCUT2D eigenvalue weighted by Crippen LogP contribution is 2.22. The summed E-state index contributed by atoms with van der Waals surface area (Å²) in [5.74, 6) is -0.714. The lowest BCUT2D eigenvalue weighted by Gasteiger charge is -1.97. The topological polar surface area (TPSA) is 46.2 Å². The Morgan fingerprint density at radius 2 is 2.25 bits per heavy atom. The first kappa shape index (κ1) is 9.41. The van der Waals surface area contributed by atoms with Crippen LogP contribution in [0.15, 0.2) is 15.2 Å². The Kier molecular flexibility index (Phi) is 2.99. The largest absolute Gasteiger partial charge is 0.293 e. The van der Waals surface area contributed by atoms with E-state index in [4.69, 9.17) is 0 Å². The van der Waals surface area contributed by atoms with Crippen molar-refractivity contribution in [3.05, 3.63) is 20.8 Å². The normalized spacial score (nSPS) is 9.50. The van der Waals surface area contributed by atoms with E-state index in [9.17, 15) is 9.59 Å². The number of hydrogen-bond acceptors (Lipinski definition) is 3. The molecule has 0 unspecified atom stereocenters. The summed E-state index contributed by atoms with van der Waals surface area (Å²) in [5, 5.41) is 3.96. The molecule has 1 aromatic rings. The van der Waals surface area contributed by atoms with Gasteiger partial charge in [0.2, 0.25) is 5.91 Å². The maximum atomic E-state index is 11.2. The summed E-state index contributed by atoms with van der Waals surface area (Å²) in [6.07, 6.45) is 0. The molecule has 0 saturated heterocycles. The third-order valence-corrected chi connectivity index (χ3v) is 2.84. The molecule has 0 aliphatic heterocycles. The molecule has 0 aliphatic rings. The fourth-order valence-corrected chi connectivity index (χ4v) is 1.93. The predicted octanol–water partition coefficient (Wildman–Crippen LogP) is 1.79. The second-order valence-corrected chi connectivity index (χ2v) is 4.35. The van der Waals surface area contributed by atoms with Crippen molar-refractivity contribution >= 4 is 39.1 Å². The molecule has 1 heterocycles. The van der Waals surface area contributed by atoms with Gasteiger partial charge in [-0.3, -0.25) is 14.9 Å². The molecule has 2 amide bonds. The molecule has 3 nitrogen and oxygen atoms in total. The minimum Gasteiger partial charge on any atom is -0.293 e. The van der Waals surface area contributed by atoms with E-state index in [1.165, 1.54) is 18.3 Å². The zero-order chi connectivity index (χ0) is 9.14. The van der Waals surface area contributed by atoms with Crippen molar-refractivity contribution in [2.24, 2.45) is 0 Å². The summed E-state index contributed by atoms with van der Waals surface area (Å²) in [4.78, 5) is 21.7. The van der Waals surface area contributed by atoms with Crippen LogP contribution in [0.3, 0.4) is 0 Å². The standard InChI is InChI=1S/C7H6BrNO2S/c1-4(10)9-7(11)5-2-3-12-6(5)8/h2-3H,1H3,(H,9,10,11). The second-order valence-electron chi connectivity index (χ2n) is 2.12. The van der Waals surface area contributed by atoms with Crippen LogP contribution in [0, 0.1) is 0 Å². The van der Waals surface area contributed by atoms with Crippen molar-refractivity contribution in [2.75, 3.05) is 0 Å². The molecule has 12 heavy (non-hydrogen) atoms. The third kappa shape index (κ3) is 2.15. The van der Waals surface area contributed by atoms with Crippen LogP contribution in [-0.2, 0) is 4.79 Å². The Labute approximate surface area is 81.9 Å². The number of nitrogens with one attached hydrogen (secondary N) is 1. The maximum absolute atomic E-state index is 11.2. The van der Waals surface area contributed by atoms with Gasteiger partial charge in [-0.1, -0.05) is 0 Å². The number of thiophene rings is 1. The SMILES string of the molecule is CC(=O)NC(=O)c1ccsc1Br. The first-order valence-electron chi connectivity index (χ1n) is 3.16. The van der Waals surface area contributed by atoms with Crippen molar-refractivity contribution in [3.8, 4) is 0 Å². The molecule has 0 atom stereocenters. The number of rotatable bonds is 1. The maximum Gasteiger partial charge on any atom is 0.259 e. The van der Waals surface area contributed by atoms with Crippen molar-refractivity contribution in [1.82, 2.24) is 5.32 Å². The van der Waals surface area contributed by atoms with Crippen LogP contribution < -0.4 is 5.32 Å². The van der Waals surface area contributed by atoms with Crippen LogP contribution >= 0.6 is 27.3 Å². The molecule has 1 rings (SSSR count). The van der Waals surface area contributed by atoms with Gasteiger partial charge in [-0.15, -0.1) is 11.3 Å². The molecule has 1 aromatic heterocycles. The van der Waals surface area contributed by atoms with Gasteiger partial charge >= 0.3 is 0 Å². The lowest BCUT2D eigenvalue weighted by Crippen LogP contribution is -2.27. The predicted molar refractivity (Wildman–Crippen MR) is 50.2 cm³/mol. The second kappa shape index (κ2) is 3.82. The highest BCUT2D eigenvalue weighted by atomic mass is 79.9. The summed E-state index contributed by atoms with van der Waals surface area (Å²) in [5.41, 5.74) is 0.496. The first-order valence-corrected chi connectivity index (χ1v) is 4.83. The van der Waals surface area contributed by atoms with Crippen molar-refractivity contribution in [1.29, 1.82) is 0 Å². The van der Waals surface area contributed by atoms with Gasteiger partial charge in [0.25, 0.3) is 5.91 Å². The smallest absolute Gasteiger partial charge is 0.259 e. The van der Waals surface area contributed by atoms with E-state index in [1.807, 2.05) is 0 Å². The van der Waals surface area contributed by atoms with Gasteiger partial charge in [0.15, 0.2) is 0 Å². The third-order valence-electron chi connectivity index (χ3n) is 1.15. The molecule has 0 spiro atoms. The van der Waals surface area contributed by atoms with Gasteiger partial charge in [0, 0.05) is 6.92 Å². The lowest BCUT2D eigenvalue weighted by atomic mass is 10.3. The van der Waals surface area contributed by atoms with Gasteiger partial charge in [0.05, 0.1) is 9.35 Å². The summed E-state index contributed by atoms with van der Waals surface area (Å²) in [6.45, 7) is 1.30. The number of amides is 2. The van der Waals surface area contributed by atoms with Gasteiger partial charge in [-0.25, -0.2) is 0 Å². The van der Waals surface area contributed by atoms with Crippen LogP contribution in [0.5, 0.6) is 0 Å². The highest BCUT2D eigenvalue weighted by Gasteiger charge is 2.11. The fourth-order valence-electron chi connectivity index (χ4n) is 0.683. The van der Waals surface area contributed by atoms with Crippen molar-refractivity contribution in [2.45, 2.75) is 6.92 Å². The van der Waals surface area contributed by atoms with Crippen LogP contribution in [0.25, 0.3) is 0 Å². The number of halogens is 1. The van der Waals surface area contributed by atoms with Crippen molar-refractivity contribution in [3.63, 3.8) is 0 Å². The monoisotopic (exact) mass is 247 g/mol. The van der Waals surface area contributed by atoms with Crippen LogP contribution in [0.2, 0.25) is 0 Å². The first-order chi connectivity index (χ1) is 5.61. The number of hydrogen-bond donors (Lipinski definition) is 1. The van der Waals surface area contributed by atoms with E-state index in [0.29, 0.717) is 5.56 Å². The van der Waals surface area contributed by atoms with E-state index >= 15 is 0 Å². The van der Waals surface area contributed by atoms with E-state index in [1.54, 1.807) is 11.4 Å². The molecule has 1 N–H and O–H groups in total. The molecule has 64 valence electrons. The van der Waals surface area contributed by atoms with E-state index in [2.05, 4.69) is 21.2 Å². The summed E-state index contributed by atoms with van der Waals surface area (Å²) in [7, 11) is 0. The van der Waals surface area contributed by atoms with Gasteiger partial charge in [-0.2, -0.15) is 0 Å². The van der Waals surface area contributed by atoms with Crippen LogP contribution in [-0.4, -0.2) is 11.8 Å². The number of carbonyl (C=O) groups excluding carboxylic acids is 2. The molecular weight excluding hydrogens is 242 g/mol. The van der Waals surface area contributed by atoms with E-state index in [0.717, 1.165) is 3.79 Å². The molecule has 0 bridgehead atoms. The highest BCUT2D eigenvalue weighted by molar-refractivity contribution is 9.11. The van der Waals surface area contributed by atoms with E-state index in [-0.39, 0.29) is 11.8 Å². The molecular formula is C7H6BrNO2S. The van der Waals surface area contributed by atoms with Gasteiger partial charge in [-0.05, 0) is 27.4 Å². The van der Waals surface area contributed by atoms with Crippen LogP contribution in [0.4, 0.5) is 0 Å². The average molecular weight is 248 g/mol. The number of imide groups is 1. The molecule has 0 saturated carbocycles. The molecule has 5 heteroatoms. The minimum atomic E-state index is -0.365. The quantitative estimate of drug-likeness (QED) is 0.823. The van der Waals surface area contributed by atoms with Crippen LogP contribution in [0.1, 0.15) is 17.3 Å². The summed E-state index contributed by atoms with van der Waals surface area (Å²) >= 11 is 4.61. The molecule has 0 aliphatic carbocycles. The zero-order valence-corrected chi connectivity index (χ0v) is 8.66. The molecule has 0 fully saturated rings. The lowest BCUT2D eigenvalue weighted by molar-refractivity contribution is -0.118. The van der Waals surface area contributed by atoms with Crippen molar-refractivity contribution < 1.29 is 9.59 Å². The average Bonchev–Trinajstić information content (AvgIpc) is 2.33. The Bertz CT molecular complexity index is 321. The molecule has 0 aromatic carbocycles. The minimum absolute atomic E-state index is 0.349. The summed E-state index contributed by atoms with van der Waals surface area (Å²) < 4.78 is 0.737. The Morgan fingerprint density at radius 3 is 2.67 bits per heavy atom. The Hall–Kier alpha value is -0.680. The fraction of sp³-hybridized carbons (Fsp3) is 0.143. The van der Waals surface area contributed by atoms with Gasteiger partial charge in [0.1, 0.15) is 0 Å². The van der Waals surface area contributed by atoms with E-state index < -0.39 is 0 Å². The Balaban J connectivity index is 2.78. The zero-order valence-electron chi connectivity index (χ0n) is 6.26. The number of carbonyl (C=O) groups is 2. The molecule has 0 radical (unpaired) electrons. The summed E-state index contributed by atoms with van der Waals surface area (Å²) in [6, 6.07) is 1.66.